The largest absolute Gasteiger partial charge is 0.334 e. The van der Waals surface area contributed by atoms with Crippen molar-refractivity contribution >= 4 is 11.4 Å². The van der Waals surface area contributed by atoms with E-state index >= 15 is 0 Å². The Morgan fingerprint density at radius 3 is 1.87 bits per heavy atom. The maximum atomic E-state index is 2.61. The van der Waals surface area contributed by atoms with Gasteiger partial charge in [0, 0.05) is 16.8 Å². The van der Waals surface area contributed by atoms with Gasteiger partial charge in [-0.15, -0.1) is 0 Å². The summed E-state index contributed by atoms with van der Waals surface area (Å²) in [4.78, 5) is 2.61. The molecule has 0 fully saturated rings. The Morgan fingerprint density at radius 1 is 0.483 bits per heavy atom. The molecule has 0 heterocycles. The first-order chi connectivity index (χ1) is 29.5. The van der Waals surface area contributed by atoms with Crippen molar-refractivity contribution in [1.29, 1.82) is 0 Å². The molecular weight excluding hydrogens is 723 g/mol. The Labute approximate surface area is 354 Å². The van der Waals surface area contributed by atoms with Gasteiger partial charge in [-0.1, -0.05) is 196 Å². The molecule has 0 bridgehead atoms. The number of fused-ring (bicyclic) bond motifs is 7. The lowest BCUT2D eigenvalue weighted by atomic mass is 9.50. The molecule has 60 heavy (non-hydrogen) atoms. The zero-order valence-corrected chi connectivity index (χ0v) is 34.3. The van der Waals surface area contributed by atoms with E-state index in [0.29, 0.717) is 0 Å². The first kappa shape index (κ1) is 35.3. The first-order valence-electron chi connectivity index (χ1n) is 21.8. The van der Waals surface area contributed by atoms with E-state index in [2.05, 4.69) is 225 Å². The van der Waals surface area contributed by atoms with E-state index in [-0.39, 0.29) is 16.9 Å². The molecule has 0 N–H and O–H groups in total. The van der Waals surface area contributed by atoms with Crippen LogP contribution >= 0.6 is 0 Å². The highest BCUT2D eigenvalue weighted by molar-refractivity contribution is 5.92. The highest BCUT2D eigenvalue weighted by Gasteiger charge is 2.58. The van der Waals surface area contributed by atoms with Crippen molar-refractivity contribution in [1.82, 2.24) is 0 Å². The second kappa shape index (κ2) is 13.2. The van der Waals surface area contributed by atoms with Crippen LogP contribution in [0.15, 0.2) is 217 Å². The fourth-order valence-electron chi connectivity index (χ4n) is 12.2. The molecule has 3 unspecified atom stereocenters. The fourth-order valence-corrected chi connectivity index (χ4v) is 12.2. The fraction of sp³-hybridized carbons (Fsp3) is 0.153. The predicted octanol–water partition coefficient (Wildman–Crippen LogP) is 14.3. The Kier molecular flexibility index (Phi) is 7.73. The van der Waals surface area contributed by atoms with Gasteiger partial charge in [0.2, 0.25) is 0 Å². The summed E-state index contributed by atoms with van der Waals surface area (Å²) in [6, 6.07) is 65.2. The number of rotatable bonds is 6. The monoisotopic (exact) mass is 769 g/mol. The second-order valence-electron chi connectivity index (χ2n) is 17.8. The SMILES string of the molecule is CC1(C)c2ccccc2-c2ccc(N(c3cccc(C4(c5ccccc5)C5=C(CCC=C5)C5(c6ccccc6)c6ccccc6-c6cccc4c65)c3)C3C=CC=CC3)cc21. The van der Waals surface area contributed by atoms with Gasteiger partial charge in [-0.2, -0.15) is 0 Å². The van der Waals surface area contributed by atoms with Gasteiger partial charge in [0.25, 0.3) is 0 Å². The van der Waals surface area contributed by atoms with Gasteiger partial charge in [0.1, 0.15) is 0 Å². The summed E-state index contributed by atoms with van der Waals surface area (Å²) in [6.07, 6.45) is 17.0. The Bertz CT molecular complexity index is 3000. The van der Waals surface area contributed by atoms with Crippen molar-refractivity contribution < 1.29 is 0 Å². The average Bonchev–Trinajstić information content (AvgIpc) is 3.74. The van der Waals surface area contributed by atoms with Crippen molar-refractivity contribution in [2.45, 2.75) is 55.4 Å². The molecule has 0 aromatic heterocycles. The highest BCUT2D eigenvalue weighted by Crippen LogP contribution is 2.67. The lowest BCUT2D eigenvalue weighted by molar-refractivity contribution is 0.586. The topological polar surface area (TPSA) is 3.24 Å². The lowest BCUT2D eigenvalue weighted by Gasteiger charge is -2.51. The number of benzene rings is 7. The summed E-state index contributed by atoms with van der Waals surface area (Å²) in [6.45, 7) is 4.77. The first-order valence-corrected chi connectivity index (χ1v) is 21.8. The molecule has 0 saturated heterocycles. The molecule has 288 valence electrons. The summed E-state index contributed by atoms with van der Waals surface area (Å²) in [5.41, 5.74) is 20.7. The molecule has 3 atom stereocenters. The quantitative estimate of drug-likeness (QED) is 0.163. The van der Waals surface area contributed by atoms with Crippen LogP contribution in [0.5, 0.6) is 0 Å². The van der Waals surface area contributed by atoms with Crippen LogP contribution < -0.4 is 4.90 Å². The van der Waals surface area contributed by atoms with Crippen LogP contribution in [0.25, 0.3) is 22.3 Å². The van der Waals surface area contributed by atoms with E-state index in [1.54, 1.807) is 0 Å². The van der Waals surface area contributed by atoms with Gasteiger partial charge in [0.15, 0.2) is 0 Å². The van der Waals surface area contributed by atoms with Crippen LogP contribution in [0.3, 0.4) is 0 Å². The van der Waals surface area contributed by atoms with Crippen LogP contribution in [0.2, 0.25) is 0 Å². The van der Waals surface area contributed by atoms with E-state index in [9.17, 15) is 0 Å². The number of hydrogen-bond donors (Lipinski definition) is 0. The molecule has 0 radical (unpaired) electrons. The summed E-state index contributed by atoms with van der Waals surface area (Å²) in [7, 11) is 0. The van der Waals surface area contributed by atoms with Crippen molar-refractivity contribution in [3.8, 4) is 22.3 Å². The van der Waals surface area contributed by atoms with E-state index < -0.39 is 5.41 Å². The lowest BCUT2D eigenvalue weighted by Crippen LogP contribution is -2.45. The zero-order valence-electron chi connectivity index (χ0n) is 34.3. The van der Waals surface area contributed by atoms with E-state index in [0.717, 1.165) is 19.3 Å². The predicted molar refractivity (Wildman–Crippen MR) is 249 cm³/mol. The van der Waals surface area contributed by atoms with E-state index in [1.807, 2.05) is 0 Å². The summed E-state index contributed by atoms with van der Waals surface area (Å²) in [5, 5.41) is 0. The minimum absolute atomic E-state index is 0.0933. The molecule has 12 rings (SSSR count). The van der Waals surface area contributed by atoms with Gasteiger partial charge in [0.05, 0.1) is 16.9 Å². The Balaban J connectivity index is 1.14. The second-order valence-corrected chi connectivity index (χ2v) is 17.8. The Hall–Kier alpha value is -6.70. The number of nitrogens with zero attached hydrogens (tertiary/aromatic N) is 1. The maximum absolute atomic E-state index is 2.61. The third-order valence-electron chi connectivity index (χ3n) is 14.6. The maximum Gasteiger partial charge on any atom is 0.0705 e. The smallest absolute Gasteiger partial charge is 0.0705 e. The van der Waals surface area contributed by atoms with Crippen molar-refractivity contribution in [3.63, 3.8) is 0 Å². The minimum Gasteiger partial charge on any atom is -0.334 e. The third-order valence-corrected chi connectivity index (χ3v) is 14.6. The van der Waals surface area contributed by atoms with Gasteiger partial charge in [-0.05, 0) is 121 Å². The van der Waals surface area contributed by atoms with Gasteiger partial charge >= 0.3 is 0 Å². The van der Waals surface area contributed by atoms with Crippen molar-refractivity contribution in [2.24, 2.45) is 0 Å². The average molecular weight is 770 g/mol. The van der Waals surface area contributed by atoms with Crippen LogP contribution in [0.1, 0.15) is 77.6 Å². The molecule has 5 aliphatic carbocycles. The molecule has 7 aromatic rings. The number of allylic oxidation sites excluding steroid dienone is 6. The molecule has 0 saturated carbocycles. The zero-order chi connectivity index (χ0) is 40.1. The molecule has 0 spiro atoms. The molecule has 1 heteroatoms. The van der Waals surface area contributed by atoms with E-state index in [1.165, 1.54) is 89.3 Å². The normalized spacial score (nSPS) is 22.1. The third kappa shape index (κ3) is 4.64. The van der Waals surface area contributed by atoms with Crippen LogP contribution in [-0.4, -0.2) is 6.04 Å². The number of hydrogen-bond acceptors (Lipinski definition) is 1. The van der Waals surface area contributed by atoms with Gasteiger partial charge < -0.3 is 4.90 Å². The van der Waals surface area contributed by atoms with Crippen molar-refractivity contribution in [3.05, 3.63) is 262 Å². The molecule has 5 aliphatic rings. The van der Waals surface area contributed by atoms with Crippen LogP contribution in [0, 0.1) is 0 Å². The van der Waals surface area contributed by atoms with Crippen LogP contribution in [-0.2, 0) is 16.2 Å². The molecule has 0 aliphatic heterocycles. The molecular formula is C59H47N. The Morgan fingerprint density at radius 2 is 1.10 bits per heavy atom. The number of anilines is 2. The van der Waals surface area contributed by atoms with E-state index in [4.69, 9.17) is 0 Å². The highest BCUT2D eigenvalue weighted by atomic mass is 15.2. The molecule has 7 aromatic carbocycles. The minimum atomic E-state index is -0.565. The van der Waals surface area contributed by atoms with Crippen LogP contribution in [0.4, 0.5) is 11.4 Å². The molecule has 1 nitrogen and oxygen atoms in total. The standard InChI is InChI=1S/C59H47N/c1-57(2)50-31-14-12-28-46(50)48-37-36-45(39-55(48)57)60(43-25-10-5-11-26-43)44-27-18-24-42(38-44)58(40-20-6-3-7-21-40)52-33-16-17-34-53(52)59(41-22-8-4-9-23-41)51-32-15-13-29-47(51)49-30-19-35-54(58)56(49)59/h3-16,18-25,27-33,35-39,43H,17,26,34H2,1-2H3. The van der Waals surface area contributed by atoms with Gasteiger partial charge in [-0.25, -0.2) is 0 Å². The van der Waals surface area contributed by atoms with Gasteiger partial charge in [-0.3, -0.25) is 0 Å². The summed E-state index contributed by atoms with van der Waals surface area (Å²) >= 11 is 0. The molecule has 0 amide bonds. The van der Waals surface area contributed by atoms with Crippen molar-refractivity contribution in [2.75, 3.05) is 4.90 Å². The summed E-state index contributed by atoms with van der Waals surface area (Å²) in [5.74, 6) is 0. The summed E-state index contributed by atoms with van der Waals surface area (Å²) < 4.78 is 0.